The molecule has 7 heteroatoms. The van der Waals surface area contributed by atoms with Gasteiger partial charge in [-0.1, -0.05) is 12.8 Å². The molecule has 4 N–H and O–H groups in total. The molecule has 1 fully saturated rings. The molecule has 0 bridgehead atoms. The number of phenols is 2. The molecule has 7 nitrogen and oxygen atoms in total. The number of phenolic OH excluding ortho intramolecular Hbond substituents is 2. The Hall–Kier alpha value is -3.19. The zero-order valence-electron chi connectivity index (χ0n) is 15.7. The Morgan fingerprint density at radius 2 is 1.69 bits per heavy atom. The van der Waals surface area contributed by atoms with Gasteiger partial charge in [-0.2, -0.15) is 0 Å². The summed E-state index contributed by atoms with van der Waals surface area (Å²) in [5, 5.41) is 40.4. The predicted octanol–water partition coefficient (Wildman–Crippen LogP) is 3.65. The first-order chi connectivity index (χ1) is 13.9. The van der Waals surface area contributed by atoms with Crippen LogP contribution in [0.25, 0.3) is 22.3 Å². The average Bonchev–Trinajstić information content (AvgIpc) is 3.11. The number of rotatable bonds is 5. The van der Waals surface area contributed by atoms with Gasteiger partial charge in [0.15, 0.2) is 5.76 Å². The van der Waals surface area contributed by atoms with Crippen LogP contribution in [0.1, 0.15) is 32.1 Å². The van der Waals surface area contributed by atoms with Crippen molar-refractivity contribution in [1.29, 1.82) is 0 Å². The number of fused-ring (bicyclic) bond motifs is 1. The van der Waals surface area contributed by atoms with Gasteiger partial charge in [0.25, 0.3) is 0 Å². The Bertz CT molecular complexity index is 1090. The van der Waals surface area contributed by atoms with E-state index in [4.69, 9.17) is 9.15 Å². The predicted molar refractivity (Wildman–Crippen MR) is 106 cm³/mol. The minimum atomic E-state index is -0.758. The smallest absolute Gasteiger partial charge is 0.238 e. The number of benzene rings is 2. The molecule has 0 amide bonds. The SMILES string of the molecule is O=c1c(O)c(-c2ccc(O)cc2)oc2cc(O)cc(OCCC3(O)CCCC3)c12. The fourth-order valence-electron chi connectivity index (χ4n) is 3.82. The van der Waals surface area contributed by atoms with E-state index in [1.54, 1.807) is 0 Å². The third kappa shape index (κ3) is 3.73. The first-order valence-corrected chi connectivity index (χ1v) is 9.54. The van der Waals surface area contributed by atoms with E-state index in [9.17, 15) is 25.2 Å². The second-order valence-corrected chi connectivity index (χ2v) is 7.50. The van der Waals surface area contributed by atoms with Crippen LogP contribution < -0.4 is 10.2 Å². The van der Waals surface area contributed by atoms with Crippen LogP contribution in [0.3, 0.4) is 0 Å². The van der Waals surface area contributed by atoms with Crippen molar-refractivity contribution in [2.75, 3.05) is 6.61 Å². The molecule has 1 aromatic heterocycles. The molecule has 1 heterocycles. The first kappa shape index (κ1) is 19.1. The summed E-state index contributed by atoms with van der Waals surface area (Å²) in [6.45, 7) is 0.162. The number of hydrogen-bond donors (Lipinski definition) is 4. The molecule has 0 saturated heterocycles. The van der Waals surface area contributed by atoms with Crippen LogP contribution in [0.4, 0.5) is 0 Å². The van der Waals surface area contributed by atoms with Crippen molar-refractivity contribution in [3.05, 3.63) is 46.6 Å². The lowest BCUT2D eigenvalue weighted by atomic mass is 9.99. The fraction of sp³-hybridized carbons (Fsp3) is 0.318. The Morgan fingerprint density at radius 1 is 1.00 bits per heavy atom. The molecule has 0 spiro atoms. The van der Waals surface area contributed by atoms with Crippen LogP contribution in [0, 0.1) is 0 Å². The molecule has 0 aliphatic heterocycles. The van der Waals surface area contributed by atoms with Crippen LogP contribution >= 0.6 is 0 Å². The van der Waals surface area contributed by atoms with Gasteiger partial charge in [0.2, 0.25) is 11.2 Å². The maximum atomic E-state index is 12.8. The summed E-state index contributed by atoms with van der Waals surface area (Å²) < 4.78 is 11.4. The van der Waals surface area contributed by atoms with Crippen molar-refractivity contribution >= 4 is 11.0 Å². The molecule has 1 aliphatic carbocycles. The minimum absolute atomic E-state index is 0.0150. The third-order valence-corrected chi connectivity index (χ3v) is 5.41. The summed E-state index contributed by atoms with van der Waals surface area (Å²) >= 11 is 0. The fourth-order valence-corrected chi connectivity index (χ4v) is 3.82. The Labute approximate surface area is 166 Å². The zero-order valence-corrected chi connectivity index (χ0v) is 15.7. The van der Waals surface area contributed by atoms with Crippen molar-refractivity contribution in [2.45, 2.75) is 37.7 Å². The molecular formula is C22H22O7. The number of hydrogen-bond acceptors (Lipinski definition) is 7. The topological polar surface area (TPSA) is 120 Å². The van der Waals surface area contributed by atoms with Crippen LogP contribution in [0.5, 0.6) is 23.0 Å². The second kappa shape index (κ2) is 7.33. The minimum Gasteiger partial charge on any atom is -0.508 e. The highest BCUT2D eigenvalue weighted by molar-refractivity contribution is 5.88. The largest absolute Gasteiger partial charge is 0.508 e. The highest BCUT2D eigenvalue weighted by Gasteiger charge is 2.31. The summed E-state index contributed by atoms with van der Waals surface area (Å²) in [4.78, 5) is 12.8. The lowest BCUT2D eigenvalue weighted by Crippen LogP contribution is -2.26. The van der Waals surface area contributed by atoms with Gasteiger partial charge >= 0.3 is 0 Å². The standard InChI is InChI=1S/C22H22O7/c23-14-5-3-13(4-6-14)21-20(26)19(25)18-16(11-15(24)12-17(18)29-21)28-10-9-22(27)7-1-2-8-22/h3-6,11-12,23-24,26-27H,1-2,7-10H2. The van der Waals surface area contributed by atoms with Crippen molar-refractivity contribution in [3.63, 3.8) is 0 Å². The van der Waals surface area contributed by atoms with Gasteiger partial charge in [-0.25, -0.2) is 0 Å². The number of aromatic hydroxyl groups is 3. The average molecular weight is 398 g/mol. The van der Waals surface area contributed by atoms with Crippen molar-refractivity contribution < 1.29 is 29.6 Å². The van der Waals surface area contributed by atoms with E-state index < -0.39 is 16.8 Å². The quantitative estimate of drug-likeness (QED) is 0.518. The van der Waals surface area contributed by atoms with Gasteiger partial charge in [0.05, 0.1) is 12.2 Å². The van der Waals surface area contributed by atoms with Gasteiger partial charge in [0.1, 0.15) is 28.2 Å². The summed E-state index contributed by atoms with van der Waals surface area (Å²) in [5.41, 5.74) is -0.992. The Kier molecular flexibility index (Phi) is 4.84. The summed E-state index contributed by atoms with van der Waals surface area (Å²) in [7, 11) is 0. The van der Waals surface area contributed by atoms with Gasteiger partial charge in [-0.3, -0.25) is 4.79 Å². The maximum Gasteiger partial charge on any atom is 0.238 e. The lowest BCUT2D eigenvalue weighted by molar-refractivity contribution is 0.0259. The number of aliphatic hydroxyl groups is 1. The van der Waals surface area contributed by atoms with E-state index in [1.165, 1.54) is 36.4 Å². The molecule has 4 rings (SSSR count). The third-order valence-electron chi connectivity index (χ3n) is 5.41. The molecule has 29 heavy (non-hydrogen) atoms. The van der Waals surface area contributed by atoms with E-state index in [1.807, 2.05) is 0 Å². The normalized spacial score (nSPS) is 15.6. The van der Waals surface area contributed by atoms with Crippen LogP contribution in [-0.2, 0) is 0 Å². The Morgan fingerprint density at radius 3 is 2.38 bits per heavy atom. The van der Waals surface area contributed by atoms with E-state index >= 15 is 0 Å². The molecule has 1 aliphatic rings. The van der Waals surface area contributed by atoms with Gasteiger partial charge in [-0.15, -0.1) is 0 Å². The second-order valence-electron chi connectivity index (χ2n) is 7.50. The Balaban J connectivity index is 1.71. The summed E-state index contributed by atoms with van der Waals surface area (Å²) in [6, 6.07) is 8.38. The van der Waals surface area contributed by atoms with E-state index in [0.29, 0.717) is 12.0 Å². The van der Waals surface area contributed by atoms with Crippen molar-refractivity contribution in [1.82, 2.24) is 0 Å². The highest BCUT2D eigenvalue weighted by Crippen LogP contribution is 2.37. The van der Waals surface area contributed by atoms with Crippen molar-refractivity contribution in [3.8, 4) is 34.3 Å². The molecule has 0 radical (unpaired) electrons. The molecule has 3 aromatic rings. The van der Waals surface area contributed by atoms with E-state index in [-0.39, 0.29) is 40.6 Å². The van der Waals surface area contributed by atoms with E-state index in [0.717, 1.165) is 25.7 Å². The monoisotopic (exact) mass is 398 g/mol. The molecule has 0 unspecified atom stereocenters. The van der Waals surface area contributed by atoms with Crippen LogP contribution in [0.15, 0.2) is 45.6 Å². The molecule has 0 atom stereocenters. The van der Waals surface area contributed by atoms with Crippen molar-refractivity contribution in [2.24, 2.45) is 0 Å². The summed E-state index contributed by atoms with van der Waals surface area (Å²) in [6.07, 6.45) is 3.80. The maximum absolute atomic E-state index is 12.8. The molecule has 2 aromatic carbocycles. The lowest BCUT2D eigenvalue weighted by Gasteiger charge is -2.22. The summed E-state index contributed by atoms with van der Waals surface area (Å²) in [5.74, 6) is -0.693. The van der Waals surface area contributed by atoms with Gasteiger partial charge in [0, 0.05) is 24.1 Å². The van der Waals surface area contributed by atoms with Crippen LogP contribution in [0.2, 0.25) is 0 Å². The molecular weight excluding hydrogens is 376 g/mol. The highest BCUT2D eigenvalue weighted by atomic mass is 16.5. The molecule has 152 valence electrons. The first-order valence-electron chi connectivity index (χ1n) is 9.54. The molecule has 1 saturated carbocycles. The van der Waals surface area contributed by atoms with E-state index in [2.05, 4.69) is 0 Å². The van der Waals surface area contributed by atoms with Crippen LogP contribution in [-0.4, -0.2) is 32.6 Å². The number of ether oxygens (including phenoxy) is 1. The van der Waals surface area contributed by atoms with Gasteiger partial charge < -0.3 is 29.6 Å². The zero-order chi connectivity index (χ0) is 20.6. The van der Waals surface area contributed by atoms with Gasteiger partial charge in [-0.05, 0) is 37.1 Å².